The van der Waals surface area contributed by atoms with E-state index in [-0.39, 0.29) is 12.1 Å². The number of nitrogens with zero attached hydrogens (tertiary/aromatic N) is 5. The number of ether oxygens (including phenoxy) is 1. The molecule has 3 aromatic carbocycles. The smallest absolute Gasteiger partial charge is 0.322 e. The third kappa shape index (κ3) is 4.47. The number of rotatable bonds is 5. The Labute approximate surface area is 234 Å². The third-order valence-electron chi connectivity index (χ3n) is 7.39. The number of carbonyl (C=O) groups is 1. The first kappa shape index (κ1) is 25.3. The summed E-state index contributed by atoms with van der Waals surface area (Å²) < 4.78 is 9.53. The van der Waals surface area contributed by atoms with Crippen molar-refractivity contribution in [1.82, 2.24) is 19.2 Å². The number of hydrogen-bond acceptors (Lipinski definition) is 4. The predicted octanol–water partition coefficient (Wildman–Crippen LogP) is 6.18. The topological polar surface area (TPSA) is 67.6 Å². The minimum atomic E-state index is -0.340. The molecule has 0 radical (unpaired) electrons. The number of carbonyl (C=O) groups excluding carboxylic acids is 1. The van der Waals surface area contributed by atoms with Gasteiger partial charge in [0.1, 0.15) is 11.6 Å². The summed E-state index contributed by atoms with van der Waals surface area (Å²) in [6.45, 7) is 2.39. The van der Waals surface area contributed by atoms with Crippen LogP contribution in [-0.4, -0.2) is 46.5 Å². The van der Waals surface area contributed by atoms with Crippen LogP contribution in [0.5, 0.6) is 5.75 Å². The van der Waals surface area contributed by atoms with Gasteiger partial charge in [-0.3, -0.25) is 0 Å². The summed E-state index contributed by atoms with van der Waals surface area (Å²) in [4.78, 5) is 18.1. The number of anilines is 2. The molecule has 2 amide bonds. The van der Waals surface area contributed by atoms with Crippen molar-refractivity contribution in [2.45, 2.75) is 19.5 Å². The molecule has 202 valence electrons. The van der Waals surface area contributed by atoms with Gasteiger partial charge >= 0.3 is 6.03 Å². The largest absolute Gasteiger partial charge is 0.497 e. The fourth-order valence-electron chi connectivity index (χ4n) is 5.35. The monoisotopic (exact) mass is 532 g/mol. The maximum atomic E-state index is 14.1. The molecule has 0 spiro atoms. The van der Waals surface area contributed by atoms with Gasteiger partial charge < -0.3 is 24.4 Å². The number of benzene rings is 3. The van der Waals surface area contributed by atoms with E-state index in [1.165, 1.54) is 0 Å². The first-order chi connectivity index (χ1) is 19.4. The molecular formula is C32H32N6O2. The summed E-state index contributed by atoms with van der Waals surface area (Å²) in [5.41, 5.74) is 6.60. The van der Waals surface area contributed by atoms with Gasteiger partial charge in [0.25, 0.3) is 0 Å². The second-order valence-corrected chi connectivity index (χ2v) is 10.1. The molecule has 0 bridgehead atoms. The number of hydrogen-bond donors (Lipinski definition) is 1. The summed E-state index contributed by atoms with van der Waals surface area (Å²) in [6, 6.07) is 29.5. The highest BCUT2D eigenvalue weighted by molar-refractivity contribution is 5.90. The van der Waals surface area contributed by atoms with Gasteiger partial charge in [-0.1, -0.05) is 36.4 Å². The van der Waals surface area contributed by atoms with Crippen LogP contribution in [0.1, 0.15) is 28.6 Å². The van der Waals surface area contributed by atoms with Crippen molar-refractivity contribution in [2.24, 2.45) is 0 Å². The molecule has 6 rings (SSSR count). The van der Waals surface area contributed by atoms with Gasteiger partial charge in [0, 0.05) is 43.3 Å². The first-order valence-electron chi connectivity index (χ1n) is 13.2. The van der Waals surface area contributed by atoms with E-state index in [0.29, 0.717) is 18.0 Å². The van der Waals surface area contributed by atoms with Crippen LogP contribution in [0, 0.1) is 6.92 Å². The highest BCUT2D eigenvalue weighted by atomic mass is 16.5. The Morgan fingerprint density at radius 1 is 0.975 bits per heavy atom. The molecule has 0 unspecified atom stereocenters. The van der Waals surface area contributed by atoms with Crippen LogP contribution in [0.15, 0.2) is 97.2 Å². The maximum absolute atomic E-state index is 14.1. The van der Waals surface area contributed by atoms with Crippen LogP contribution in [0.2, 0.25) is 0 Å². The lowest BCUT2D eigenvalue weighted by molar-refractivity contribution is 0.194. The van der Waals surface area contributed by atoms with Gasteiger partial charge in [-0.05, 0) is 61.0 Å². The number of urea groups is 1. The van der Waals surface area contributed by atoms with Crippen LogP contribution < -0.4 is 15.0 Å². The summed E-state index contributed by atoms with van der Waals surface area (Å²) >= 11 is 0. The highest BCUT2D eigenvalue weighted by Crippen LogP contribution is 2.39. The second-order valence-electron chi connectivity index (χ2n) is 10.1. The Morgan fingerprint density at radius 2 is 1.75 bits per heavy atom. The van der Waals surface area contributed by atoms with Crippen LogP contribution in [0.3, 0.4) is 0 Å². The number of amides is 2. The lowest BCUT2D eigenvalue weighted by Crippen LogP contribution is -2.38. The second kappa shape index (κ2) is 10.3. The summed E-state index contributed by atoms with van der Waals surface area (Å²) in [7, 11) is 5.66. The molecule has 8 heteroatoms. The number of aryl methyl sites for hydroxylation is 1. The number of aromatic nitrogens is 3. The zero-order valence-corrected chi connectivity index (χ0v) is 23.1. The van der Waals surface area contributed by atoms with E-state index in [0.717, 1.165) is 39.7 Å². The Balaban J connectivity index is 1.51. The van der Waals surface area contributed by atoms with Crippen LogP contribution in [0.4, 0.5) is 16.2 Å². The Bertz CT molecular complexity index is 1650. The predicted molar refractivity (Wildman–Crippen MR) is 158 cm³/mol. The maximum Gasteiger partial charge on any atom is 0.322 e. The molecule has 1 aliphatic rings. The van der Waals surface area contributed by atoms with Crippen molar-refractivity contribution in [3.63, 3.8) is 0 Å². The first-order valence-corrected chi connectivity index (χ1v) is 13.2. The van der Waals surface area contributed by atoms with Gasteiger partial charge in [-0.2, -0.15) is 5.10 Å². The molecule has 0 fully saturated rings. The normalized spacial score (nSPS) is 14.2. The lowest BCUT2D eigenvalue weighted by atomic mass is 10.0. The average Bonchev–Trinajstić information content (AvgIpc) is 3.54. The molecule has 8 nitrogen and oxygen atoms in total. The molecule has 1 atom stereocenters. The van der Waals surface area contributed by atoms with Crippen LogP contribution in [0.25, 0.3) is 11.5 Å². The molecule has 0 saturated carbocycles. The van der Waals surface area contributed by atoms with Crippen molar-refractivity contribution >= 4 is 17.4 Å². The molecule has 1 N–H and O–H groups in total. The van der Waals surface area contributed by atoms with E-state index in [9.17, 15) is 4.79 Å². The van der Waals surface area contributed by atoms with E-state index >= 15 is 0 Å². The minimum absolute atomic E-state index is 0.206. The van der Waals surface area contributed by atoms with Gasteiger partial charge in [0.15, 0.2) is 0 Å². The van der Waals surface area contributed by atoms with E-state index in [4.69, 9.17) is 9.84 Å². The highest BCUT2D eigenvalue weighted by Gasteiger charge is 2.36. The standard InChI is InChI=1S/C32H32N6O2/c1-22-28-21-37(32(39)33-24-10-8-13-27(20-24)40-4)30(23-15-17-25(18-16-23)35(2)3)29-14-9-19-36(29)31(28)38(34-22)26-11-6-5-7-12-26/h5-20,30H,21H2,1-4H3,(H,33,39)/t30-/m1/s1. The summed E-state index contributed by atoms with van der Waals surface area (Å²) in [5.74, 6) is 1.62. The molecule has 2 aromatic heterocycles. The third-order valence-corrected chi connectivity index (χ3v) is 7.39. The minimum Gasteiger partial charge on any atom is -0.497 e. The van der Waals surface area contributed by atoms with Gasteiger partial charge in [0.05, 0.1) is 36.8 Å². The van der Waals surface area contributed by atoms with E-state index < -0.39 is 0 Å². The lowest BCUT2D eigenvalue weighted by Gasteiger charge is -2.31. The number of fused-ring (bicyclic) bond motifs is 3. The molecular weight excluding hydrogens is 500 g/mol. The number of nitrogens with one attached hydrogen (secondary N) is 1. The van der Waals surface area contributed by atoms with Gasteiger partial charge in [0.2, 0.25) is 0 Å². The Hall–Kier alpha value is -4.98. The number of para-hydroxylation sites is 1. The zero-order valence-electron chi connectivity index (χ0n) is 23.1. The fraction of sp³-hybridized carbons (Fsp3) is 0.188. The molecule has 0 saturated heterocycles. The summed E-state index contributed by atoms with van der Waals surface area (Å²) in [6.07, 6.45) is 2.05. The molecule has 1 aliphatic heterocycles. The number of methoxy groups -OCH3 is 1. The van der Waals surface area contributed by atoms with Crippen LogP contribution in [-0.2, 0) is 6.54 Å². The van der Waals surface area contributed by atoms with Crippen molar-refractivity contribution in [2.75, 3.05) is 31.4 Å². The van der Waals surface area contributed by atoms with Crippen molar-refractivity contribution < 1.29 is 9.53 Å². The van der Waals surface area contributed by atoms with Crippen molar-refractivity contribution in [1.29, 1.82) is 0 Å². The fourth-order valence-corrected chi connectivity index (χ4v) is 5.35. The zero-order chi connectivity index (χ0) is 27.8. The Morgan fingerprint density at radius 3 is 2.48 bits per heavy atom. The molecule has 0 aliphatic carbocycles. The van der Waals surface area contributed by atoms with E-state index in [1.807, 2.05) is 91.3 Å². The van der Waals surface area contributed by atoms with E-state index in [2.05, 4.69) is 51.3 Å². The molecule has 3 heterocycles. The SMILES string of the molecule is COc1cccc(NC(=O)N2Cc3c(C)nn(-c4ccccc4)c3-n3cccc3[C@H]2c2ccc(N(C)C)cc2)c1. The van der Waals surface area contributed by atoms with Gasteiger partial charge in [-0.25, -0.2) is 9.48 Å². The van der Waals surface area contributed by atoms with Crippen molar-refractivity contribution in [3.8, 4) is 17.3 Å². The quantitative estimate of drug-likeness (QED) is 0.293. The van der Waals surface area contributed by atoms with Gasteiger partial charge in [-0.15, -0.1) is 0 Å². The Kier molecular flexibility index (Phi) is 6.51. The average molecular weight is 533 g/mol. The molecule has 5 aromatic rings. The van der Waals surface area contributed by atoms with Crippen molar-refractivity contribution in [3.05, 3.63) is 120 Å². The summed E-state index contributed by atoms with van der Waals surface area (Å²) in [5, 5.41) is 8.04. The van der Waals surface area contributed by atoms with E-state index in [1.54, 1.807) is 7.11 Å². The molecule has 40 heavy (non-hydrogen) atoms. The van der Waals surface area contributed by atoms with Crippen LogP contribution >= 0.6 is 0 Å².